The van der Waals surface area contributed by atoms with Gasteiger partial charge in [-0.05, 0) is 31.0 Å². The molecular weight excluding hydrogens is 236 g/mol. The molecule has 0 heterocycles. The molecule has 108 valence electrons. The summed E-state index contributed by atoms with van der Waals surface area (Å²) in [7, 11) is -1.58. The third-order valence-corrected chi connectivity index (χ3v) is 8.33. The van der Waals surface area contributed by atoms with Gasteiger partial charge >= 0.3 is 0 Å². The van der Waals surface area contributed by atoms with Gasteiger partial charge in [-0.3, -0.25) is 0 Å². The molecule has 0 radical (unpaired) electrons. The van der Waals surface area contributed by atoms with Crippen LogP contribution in [0.5, 0.6) is 0 Å². The van der Waals surface area contributed by atoms with Crippen molar-refractivity contribution in [2.24, 2.45) is 0 Å². The van der Waals surface area contributed by atoms with Crippen LogP contribution in [0.4, 0.5) is 0 Å². The van der Waals surface area contributed by atoms with Gasteiger partial charge in [-0.25, -0.2) is 0 Å². The molecule has 0 aromatic heterocycles. The summed E-state index contributed by atoms with van der Waals surface area (Å²) in [6.07, 6.45) is 13.5. The average molecular weight is 271 g/mol. The van der Waals surface area contributed by atoms with Crippen molar-refractivity contribution < 1.29 is 4.43 Å². The monoisotopic (exact) mass is 270 g/mol. The van der Waals surface area contributed by atoms with Crippen LogP contribution in [0.25, 0.3) is 0 Å². The minimum Gasteiger partial charge on any atom is -0.549 e. The van der Waals surface area contributed by atoms with Gasteiger partial charge in [0.15, 0.2) is 0 Å². The molecule has 0 atom stereocenters. The van der Waals surface area contributed by atoms with Crippen molar-refractivity contribution in [2.75, 3.05) is 0 Å². The zero-order valence-corrected chi connectivity index (χ0v) is 14.5. The molecule has 0 rings (SSSR count). The quantitative estimate of drug-likeness (QED) is 0.272. The molecule has 0 N–H and O–H groups in total. The lowest BCUT2D eigenvalue weighted by Gasteiger charge is -2.34. The van der Waals surface area contributed by atoms with Crippen molar-refractivity contribution in [3.63, 3.8) is 0 Å². The van der Waals surface area contributed by atoms with Gasteiger partial charge in [-0.1, -0.05) is 65.9 Å². The van der Waals surface area contributed by atoms with E-state index in [4.69, 9.17) is 4.43 Å². The fourth-order valence-electron chi connectivity index (χ4n) is 1.51. The van der Waals surface area contributed by atoms with Crippen LogP contribution in [0.3, 0.4) is 0 Å². The second-order valence-electron chi connectivity index (χ2n) is 6.81. The predicted molar refractivity (Wildman–Crippen MR) is 85.4 cm³/mol. The van der Waals surface area contributed by atoms with Crippen molar-refractivity contribution in [1.29, 1.82) is 0 Å². The Balaban J connectivity index is 3.60. The van der Waals surface area contributed by atoms with Crippen LogP contribution in [0.15, 0.2) is 12.3 Å². The van der Waals surface area contributed by atoms with E-state index >= 15 is 0 Å². The SMILES string of the molecule is CCCCCCCCC=CO[Si](C)(C)C(C)(C)C. The van der Waals surface area contributed by atoms with Crippen molar-refractivity contribution in [3.05, 3.63) is 12.3 Å². The number of unbranched alkanes of at least 4 members (excludes halogenated alkanes) is 6. The normalized spacial score (nSPS) is 13.2. The first-order valence-corrected chi connectivity index (χ1v) is 10.5. The number of hydrogen-bond donors (Lipinski definition) is 0. The van der Waals surface area contributed by atoms with Gasteiger partial charge in [-0.2, -0.15) is 0 Å². The fourth-order valence-corrected chi connectivity index (χ4v) is 2.30. The van der Waals surface area contributed by atoms with Gasteiger partial charge in [0.05, 0.1) is 6.26 Å². The van der Waals surface area contributed by atoms with E-state index in [0.29, 0.717) is 5.04 Å². The van der Waals surface area contributed by atoms with Crippen LogP contribution in [0, 0.1) is 0 Å². The first-order valence-electron chi connectivity index (χ1n) is 7.64. The van der Waals surface area contributed by atoms with Crippen molar-refractivity contribution in [2.45, 2.75) is 90.8 Å². The number of rotatable bonds is 9. The Hall–Kier alpha value is -0.243. The molecule has 0 amide bonds. The van der Waals surface area contributed by atoms with Gasteiger partial charge in [0.25, 0.3) is 0 Å². The van der Waals surface area contributed by atoms with E-state index in [1.165, 1.54) is 44.9 Å². The highest BCUT2D eigenvalue weighted by molar-refractivity contribution is 6.74. The summed E-state index contributed by atoms with van der Waals surface area (Å²) in [4.78, 5) is 0. The van der Waals surface area contributed by atoms with Crippen molar-refractivity contribution >= 4 is 8.32 Å². The molecule has 0 aliphatic heterocycles. The van der Waals surface area contributed by atoms with Crippen LogP contribution in [0.2, 0.25) is 18.1 Å². The summed E-state index contributed by atoms with van der Waals surface area (Å²) in [5.74, 6) is 0. The van der Waals surface area contributed by atoms with Crippen LogP contribution in [0.1, 0.15) is 72.6 Å². The van der Waals surface area contributed by atoms with Gasteiger partial charge < -0.3 is 4.43 Å². The highest BCUT2D eigenvalue weighted by Crippen LogP contribution is 2.36. The van der Waals surface area contributed by atoms with E-state index in [1.54, 1.807) is 0 Å². The second-order valence-corrected chi connectivity index (χ2v) is 11.6. The van der Waals surface area contributed by atoms with Gasteiger partial charge in [0, 0.05) is 0 Å². The maximum atomic E-state index is 6.00. The highest BCUT2D eigenvalue weighted by atomic mass is 28.4. The van der Waals surface area contributed by atoms with Crippen molar-refractivity contribution in [1.82, 2.24) is 0 Å². The second kappa shape index (κ2) is 8.79. The highest BCUT2D eigenvalue weighted by Gasteiger charge is 2.37. The topological polar surface area (TPSA) is 9.23 Å². The smallest absolute Gasteiger partial charge is 0.249 e. The first-order chi connectivity index (χ1) is 8.31. The maximum Gasteiger partial charge on any atom is 0.249 e. The molecule has 0 fully saturated rings. The van der Waals surface area contributed by atoms with E-state index in [2.05, 4.69) is 46.9 Å². The van der Waals surface area contributed by atoms with Crippen LogP contribution in [-0.4, -0.2) is 8.32 Å². The third-order valence-electron chi connectivity index (χ3n) is 3.99. The molecule has 0 aromatic rings. The molecule has 0 saturated heterocycles. The van der Waals surface area contributed by atoms with Gasteiger partial charge in [0.1, 0.15) is 0 Å². The van der Waals surface area contributed by atoms with Crippen molar-refractivity contribution in [3.8, 4) is 0 Å². The Bertz CT molecular complexity index is 226. The molecule has 1 nitrogen and oxygen atoms in total. The van der Waals surface area contributed by atoms with Gasteiger partial charge in [0.2, 0.25) is 8.32 Å². The lowest BCUT2D eigenvalue weighted by atomic mass is 10.1. The third kappa shape index (κ3) is 7.96. The molecule has 0 saturated carbocycles. The summed E-state index contributed by atoms with van der Waals surface area (Å²) in [6.45, 7) is 13.7. The summed E-state index contributed by atoms with van der Waals surface area (Å²) >= 11 is 0. The van der Waals surface area contributed by atoms with Crippen LogP contribution >= 0.6 is 0 Å². The molecule has 2 heteroatoms. The standard InChI is InChI=1S/C16H34OSi/c1-7-8-9-10-11-12-13-14-15-17-18(5,6)16(2,3)4/h14-15H,7-13H2,1-6H3. The molecule has 0 aliphatic carbocycles. The Labute approximate surface area is 116 Å². The molecule has 18 heavy (non-hydrogen) atoms. The van der Waals surface area contributed by atoms with E-state index in [1.807, 2.05) is 6.26 Å². The Morgan fingerprint density at radius 3 is 2.06 bits per heavy atom. The minimum atomic E-state index is -1.58. The summed E-state index contributed by atoms with van der Waals surface area (Å²) < 4.78 is 6.00. The molecule has 0 spiro atoms. The molecule has 0 unspecified atom stereocenters. The molecular formula is C16H34OSi. The Morgan fingerprint density at radius 2 is 1.50 bits per heavy atom. The zero-order chi connectivity index (χ0) is 14.1. The summed E-state index contributed by atoms with van der Waals surface area (Å²) in [6, 6.07) is 0. The largest absolute Gasteiger partial charge is 0.549 e. The molecule has 0 aromatic carbocycles. The zero-order valence-electron chi connectivity index (χ0n) is 13.5. The summed E-state index contributed by atoms with van der Waals surface area (Å²) in [5.41, 5.74) is 0. The fraction of sp³-hybridized carbons (Fsp3) is 0.875. The Kier molecular flexibility index (Phi) is 8.67. The van der Waals surface area contributed by atoms with E-state index in [0.717, 1.165) is 0 Å². The molecule has 0 bridgehead atoms. The minimum absolute atomic E-state index is 0.303. The summed E-state index contributed by atoms with van der Waals surface area (Å²) in [5, 5.41) is 0.303. The first kappa shape index (κ1) is 17.8. The van der Waals surface area contributed by atoms with Gasteiger partial charge in [-0.15, -0.1) is 0 Å². The van der Waals surface area contributed by atoms with E-state index in [9.17, 15) is 0 Å². The maximum absolute atomic E-state index is 6.00. The number of hydrogen-bond acceptors (Lipinski definition) is 1. The lowest BCUT2D eigenvalue weighted by molar-refractivity contribution is 0.428. The average Bonchev–Trinajstić information content (AvgIpc) is 2.25. The van der Waals surface area contributed by atoms with E-state index in [-0.39, 0.29) is 0 Å². The van der Waals surface area contributed by atoms with Crippen LogP contribution in [-0.2, 0) is 4.43 Å². The Morgan fingerprint density at radius 1 is 0.944 bits per heavy atom. The molecule has 0 aliphatic rings. The number of allylic oxidation sites excluding steroid dienone is 1. The van der Waals surface area contributed by atoms with E-state index < -0.39 is 8.32 Å². The predicted octanol–water partition coefficient (Wildman–Crippen LogP) is 6.27. The van der Waals surface area contributed by atoms with Crippen LogP contribution < -0.4 is 0 Å². The lowest BCUT2D eigenvalue weighted by Crippen LogP contribution is -2.39.